The molecule has 84 valence electrons. The molecule has 15 heavy (non-hydrogen) atoms. The Bertz CT molecular complexity index is 347. The minimum Gasteiger partial charge on any atom is -0.271 e. The standard InChI is InChI=1S/C11H16BrFN2/c1-11(2,3)10(15-14)8-6-7(12)4-5-9(8)13/h4-6,10,15H,14H2,1-3H3. The molecule has 3 N–H and O–H groups in total. The fraction of sp³-hybridized carbons (Fsp3) is 0.455. The van der Waals surface area contributed by atoms with Gasteiger partial charge in [0.25, 0.3) is 0 Å². The minimum atomic E-state index is -0.240. The van der Waals surface area contributed by atoms with E-state index < -0.39 is 0 Å². The first-order valence-electron chi connectivity index (χ1n) is 4.77. The summed E-state index contributed by atoms with van der Waals surface area (Å²) in [5, 5.41) is 0. The number of halogens is 2. The lowest BCUT2D eigenvalue weighted by atomic mass is 9.82. The number of hydrogen-bond donors (Lipinski definition) is 2. The van der Waals surface area contributed by atoms with Crippen molar-refractivity contribution >= 4 is 15.9 Å². The Kier molecular flexibility index (Phi) is 3.87. The number of hydrazine groups is 1. The molecule has 0 saturated carbocycles. The third-order valence-corrected chi connectivity index (χ3v) is 2.79. The van der Waals surface area contributed by atoms with Crippen LogP contribution in [0.3, 0.4) is 0 Å². The fourth-order valence-electron chi connectivity index (χ4n) is 1.54. The molecule has 0 spiro atoms. The molecule has 1 aromatic carbocycles. The van der Waals surface area contributed by atoms with Crippen LogP contribution in [-0.2, 0) is 0 Å². The Labute approximate surface area is 98.1 Å². The van der Waals surface area contributed by atoms with E-state index in [2.05, 4.69) is 21.4 Å². The Morgan fingerprint density at radius 1 is 1.40 bits per heavy atom. The maximum Gasteiger partial charge on any atom is 0.128 e. The van der Waals surface area contributed by atoms with Gasteiger partial charge in [-0.2, -0.15) is 0 Å². The second-order valence-electron chi connectivity index (χ2n) is 4.63. The van der Waals surface area contributed by atoms with Crippen LogP contribution < -0.4 is 11.3 Å². The van der Waals surface area contributed by atoms with E-state index in [1.807, 2.05) is 20.8 Å². The summed E-state index contributed by atoms with van der Waals surface area (Å²) in [4.78, 5) is 0. The molecule has 0 aliphatic heterocycles. The van der Waals surface area contributed by atoms with Crippen molar-refractivity contribution in [3.8, 4) is 0 Å². The molecule has 0 amide bonds. The van der Waals surface area contributed by atoms with Crippen molar-refractivity contribution in [2.24, 2.45) is 11.3 Å². The largest absolute Gasteiger partial charge is 0.271 e. The van der Waals surface area contributed by atoms with Gasteiger partial charge in [0.1, 0.15) is 5.82 Å². The molecule has 1 atom stereocenters. The Morgan fingerprint density at radius 2 is 2.00 bits per heavy atom. The van der Waals surface area contributed by atoms with Gasteiger partial charge in [-0.05, 0) is 23.6 Å². The van der Waals surface area contributed by atoms with Crippen LogP contribution in [0, 0.1) is 11.2 Å². The van der Waals surface area contributed by atoms with Gasteiger partial charge in [-0.3, -0.25) is 11.3 Å². The van der Waals surface area contributed by atoms with Crippen LogP contribution >= 0.6 is 15.9 Å². The predicted octanol–water partition coefficient (Wildman–Crippen LogP) is 3.14. The fourth-order valence-corrected chi connectivity index (χ4v) is 1.92. The SMILES string of the molecule is CC(C)(C)C(NN)c1cc(Br)ccc1F. The third kappa shape index (κ3) is 3.00. The zero-order chi connectivity index (χ0) is 11.6. The first-order chi connectivity index (χ1) is 6.86. The lowest BCUT2D eigenvalue weighted by Gasteiger charge is -2.30. The molecular weight excluding hydrogens is 259 g/mol. The molecule has 0 bridgehead atoms. The van der Waals surface area contributed by atoms with Crippen LogP contribution in [-0.4, -0.2) is 0 Å². The van der Waals surface area contributed by atoms with Crippen LogP contribution in [0.15, 0.2) is 22.7 Å². The average Bonchev–Trinajstić information content (AvgIpc) is 2.10. The van der Waals surface area contributed by atoms with Crippen LogP contribution in [0.2, 0.25) is 0 Å². The number of hydrogen-bond acceptors (Lipinski definition) is 2. The summed E-state index contributed by atoms with van der Waals surface area (Å²) in [6.07, 6.45) is 0. The van der Waals surface area contributed by atoms with E-state index in [9.17, 15) is 4.39 Å². The van der Waals surface area contributed by atoms with Gasteiger partial charge in [0.05, 0.1) is 6.04 Å². The minimum absolute atomic E-state index is 0.142. The molecule has 0 saturated heterocycles. The topological polar surface area (TPSA) is 38.0 Å². The number of nitrogens with one attached hydrogen (secondary N) is 1. The summed E-state index contributed by atoms with van der Waals surface area (Å²) in [5.41, 5.74) is 3.11. The van der Waals surface area contributed by atoms with Crippen LogP contribution in [0.25, 0.3) is 0 Å². The maximum absolute atomic E-state index is 13.6. The first-order valence-corrected chi connectivity index (χ1v) is 5.56. The van der Waals surface area contributed by atoms with E-state index in [0.29, 0.717) is 5.56 Å². The van der Waals surface area contributed by atoms with Crippen LogP contribution in [0.4, 0.5) is 4.39 Å². The summed E-state index contributed by atoms with van der Waals surface area (Å²) < 4.78 is 14.5. The van der Waals surface area contributed by atoms with E-state index in [1.54, 1.807) is 12.1 Å². The molecule has 4 heteroatoms. The van der Waals surface area contributed by atoms with E-state index in [-0.39, 0.29) is 17.3 Å². The van der Waals surface area contributed by atoms with Crippen molar-refractivity contribution in [2.75, 3.05) is 0 Å². The molecule has 0 aliphatic rings. The van der Waals surface area contributed by atoms with Gasteiger partial charge in [-0.15, -0.1) is 0 Å². The van der Waals surface area contributed by atoms with Crippen molar-refractivity contribution < 1.29 is 4.39 Å². The molecule has 1 rings (SSSR count). The Balaban J connectivity index is 3.18. The van der Waals surface area contributed by atoms with Gasteiger partial charge in [0, 0.05) is 10.0 Å². The van der Waals surface area contributed by atoms with Gasteiger partial charge < -0.3 is 0 Å². The highest BCUT2D eigenvalue weighted by Crippen LogP contribution is 2.34. The molecule has 1 unspecified atom stereocenters. The quantitative estimate of drug-likeness (QED) is 0.642. The summed E-state index contributed by atoms with van der Waals surface area (Å²) in [7, 11) is 0. The zero-order valence-electron chi connectivity index (χ0n) is 9.14. The molecular formula is C11H16BrFN2. The van der Waals surface area contributed by atoms with E-state index >= 15 is 0 Å². The van der Waals surface area contributed by atoms with Crippen molar-refractivity contribution in [2.45, 2.75) is 26.8 Å². The van der Waals surface area contributed by atoms with Crippen molar-refractivity contribution in [1.82, 2.24) is 5.43 Å². The summed E-state index contributed by atoms with van der Waals surface area (Å²) in [6.45, 7) is 6.04. The number of nitrogens with two attached hydrogens (primary N) is 1. The molecule has 0 fully saturated rings. The van der Waals surface area contributed by atoms with Crippen molar-refractivity contribution in [3.05, 3.63) is 34.1 Å². The number of benzene rings is 1. The maximum atomic E-state index is 13.6. The molecule has 0 heterocycles. The summed E-state index contributed by atoms with van der Waals surface area (Å²) >= 11 is 3.33. The van der Waals surface area contributed by atoms with E-state index in [4.69, 9.17) is 5.84 Å². The third-order valence-electron chi connectivity index (χ3n) is 2.30. The van der Waals surface area contributed by atoms with E-state index in [0.717, 1.165) is 4.47 Å². The highest BCUT2D eigenvalue weighted by molar-refractivity contribution is 9.10. The highest BCUT2D eigenvalue weighted by atomic mass is 79.9. The van der Waals surface area contributed by atoms with Crippen LogP contribution in [0.5, 0.6) is 0 Å². The average molecular weight is 275 g/mol. The molecule has 0 radical (unpaired) electrons. The van der Waals surface area contributed by atoms with Crippen molar-refractivity contribution in [3.63, 3.8) is 0 Å². The normalized spacial score (nSPS) is 14.0. The molecule has 1 aromatic rings. The second kappa shape index (κ2) is 4.60. The smallest absolute Gasteiger partial charge is 0.128 e. The summed E-state index contributed by atoms with van der Waals surface area (Å²) in [5.74, 6) is 5.24. The Hall–Kier alpha value is -0.450. The number of rotatable bonds is 2. The molecule has 2 nitrogen and oxygen atoms in total. The van der Waals surface area contributed by atoms with E-state index in [1.165, 1.54) is 6.07 Å². The van der Waals surface area contributed by atoms with Crippen LogP contribution in [0.1, 0.15) is 32.4 Å². The first kappa shape index (κ1) is 12.6. The predicted molar refractivity (Wildman–Crippen MR) is 63.6 cm³/mol. The van der Waals surface area contributed by atoms with Gasteiger partial charge >= 0.3 is 0 Å². The van der Waals surface area contributed by atoms with Gasteiger partial charge in [0.2, 0.25) is 0 Å². The molecule has 0 aromatic heterocycles. The zero-order valence-corrected chi connectivity index (χ0v) is 10.7. The highest BCUT2D eigenvalue weighted by Gasteiger charge is 2.27. The van der Waals surface area contributed by atoms with Crippen molar-refractivity contribution in [1.29, 1.82) is 0 Å². The monoisotopic (exact) mass is 274 g/mol. The lowest BCUT2D eigenvalue weighted by molar-refractivity contribution is 0.269. The lowest BCUT2D eigenvalue weighted by Crippen LogP contribution is -2.37. The van der Waals surface area contributed by atoms with Gasteiger partial charge in [0.15, 0.2) is 0 Å². The van der Waals surface area contributed by atoms with Gasteiger partial charge in [-0.25, -0.2) is 4.39 Å². The van der Waals surface area contributed by atoms with Gasteiger partial charge in [-0.1, -0.05) is 36.7 Å². The molecule has 0 aliphatic carbocycles. The second-order valence-corrected chi connectivity index (χ2v) is 5.55. The summed E-state index contributed by atoms with van der Waals surface area (Å²) in [6, 6.07) is 4.66. The Morgan fingerprint density at radius 3 is 2.47 bits per heavy atom.